The normalized spacial score (nSPS) is 18.0. The maximum Gasteiger partial charge on any atom is 0.242 e. The Kier molecular flexibility index (Phi) is 5.00. The lowest BCUT2D eigenvalue weighted by Gasteiger charge is -2.24. The number of nitrogens with two attached hydrogens (primary N) is 1. The molecule has 1 aliphatic heterocycles. The van der Waals surface area contributed by atoms with Gasteiger partial charge in [0, 0.05) is 18.3 Å². The van der Waals surface area contributed by atoms with Crippen LogP contribution in [0.25, 0.3) is 0 Å². The lowest BCUT2D eigenvalue weighted by Crippen LogP contribution is -2.43. The third-order valence-electron chi connectivity index (χ3n) is 3.58. The van der Waals surface area contributed by atoms with Gasteiger partial charge < -0.3 is 10.2 Å². The highest BCUT2D eigenvalue weighted by atomic mass is 32.2. The molecule has 7 nitrogen and oxygen atoms in total. The molecular formula is C14H18N4O3S. The monoisotopic (exact) mass is 322 g/mol. The van der Waals surface area contributed by atoms with Gasteiger partial charge >= 0.3 is 0 Å². The van der Waals surface area contributed by atoms with Crippen molar-refractivity contribution in [3.8, 4) is 6.07 Å². The number of benzene rings is 1. The molecule has 0 bridgehead atoms. The molecule has 1 saturated heterocycles. The van der Waals surface area contributed by atoms with Crippen LogP contribution in [-0.2, 0) is 14.8 Å². The van der Waals surface area contributed by atoms with Gasteiger partial charge in [-0.05, 0) is 37.1 Å². The van der Waals surface area contributed by atoms with Gasteiger partial charge in [-0.25, -0.2) is 13.6 Å². The smallest absolute Gasteiger partial charge is 0.242 e. The van der Waals surface area contributed by atoms with E-state index in [9.17, 15) is 13.2 Å². The molecule has 8 heteroatoms. The number of hydrogen-bond donors (Lipinski definition) is 2. The average molecular weight is 322 g/mol. The first-order valence-electron chi connectivity index (χ1n) is 6.93. The van der Waals surface area contributed by atoms with Gasteiger partial charge in [0.2, 0.25) is 15.9 Å². The van der Waals surface area contributed by atoms with Crippen molar-refractivity contribution < 1.29 is 13.2 Å². The van der Waals surface area contributed by atoms with Crippen LogP contribution in [0.3, 0.4) is 0 Å². The molecule has 1 amide bonds. The number of nitrogens with one attached hydrogen (secondary N) is 1. The molecular weight excluding hydrogens is 304 g/mol. The molecule has 1 fully saturated rings. The van der Waals surface area contributed by atoms with E-state index in [0.29, 0.717) is 18.5 Å². The molecule has 22 heavy (non-hydrogen) atoms. The highest BCUT2D eigenvalue weighted by Crippen LogP contribution is 2.18. The van der Waals surface area contributed by atoms with Crippen LogP contribution in [0.2, 0.25) is 0 Å². The number of likely N-dealkylation sites (tertiary alicyclic amines) is 1. The van der Waals surface area contributed by atoms with E-state index in [2.05, 4.69) is 5.32 Å². The highest BCUT2D eigenvalue weighted by Gasteiger charge is 2.31. The van der Waals surface area contributed by atoms with Crippen LogP contribution in [0, 0.1) is 11.3 Å². The van der Waals surface area contributed by atoms with Crippen molar-refractivity contribution in [2.75, 3.05) is 24.2 Å². The Morgan fingerprint density at radius 2 is 2.09 bits per heavy atom. The molecule has 1 aliphatic rings. The minimum absolute atomic E-state index is 0.0764. The number of carbonyl (C=O) groups excluding carboxylic acids is 1. The summed E-state index contributed by atoms with van der Waals surface area (Å²) < 4.78 is 22.4. The fourth-order valence-corrected chi connectivity index (χ4v) is 3.43. The van der Waals surface area contributed by atoms with Crippen LogP contribution < -0.4 is 10.5 Å². The van der Waals surface area contributed by atoms with Crippen LogP contribution in [0.1, 0.15) is 18.4 Å². The summed E-state index contributed by atoms with van der Waals surface area (Å²) >= 11 is 0. The summed E-state index contributed by atoms with van der Waals surface area (Å²) in [5, 5.41) is 16.8. The first-order valence-corrected chi connectivity index (χ1v) is 8.64. The summed E-state index contributed by atoms with van der Waals surface area (Å²) in [5.74, 6) is -0.356. The van der Waals surface area contributed by atoms with Gasteiger partial charge in [-0.1, -0.05) is 0 Å². The second-order valence-corrected chi connectivity index (χ2v) is 6.91. The van der Waals surface area contributed by atoms with E-state index < -0.39 is 10.0 Å². The molecule has 1 heterocycles. The third kappa shape index (κ3) is 4.44. The molecule has 0 aliphatic carbocycles. The molecule has 1 unspecified atom stereocenters. The van der Waals surface area contributed by atoms with Crippen molar-refractivity contribution >= 4 is 21.6 Å². The van der Waals surface area contributed by atoms with Crippen molar-refractivity contribution in [3.63, 3.8) is 0 Å². The van der Waals surface area contributed by atoms with Crippen LogP contribution >= 0.6 is 0 Å². The summed E-state index contributed by atoms with van der Waals surface area (Å²) in [5.41, 5.74) is 1.28. The quantitative estimate of drug-likeness (QED) is 0.806. The molecule has 2 rings (SSSR count). The van der Waals surface area contributed by atoms with Gasteiger partial charge in [-0.2, -0.15) is 5.26 Å². The lowest BCUT2D eigenvalue weighted by atomic mass is 10.2. The van der Waals surface area contributed by atoms with Crippen LogP contribution in [0.4, 0.5) is 5.69 Å². The molecule has 118 valence electrons. The number of amides is 1. The first-order chi connectivity index (χ1) is 10.4. The van der Waals surface area contributed by atoms with Crippen molar-refractivity contribution in [3.05, 3.63) is 29.8 Å². The minimum atomic E-state index is -3.59. The van der Waals surface area contributed by atoms with Crippen LogP contribution in [0.5, 0.6) is 0 Å². The lowest BCUT2D eigenvalue weighted by molar-refractivity contribution is -0.129. The Bertz CT molecular complexity index is 679. The Morgan fingerprint density at radius 3 is 2.68 bits per heavy atom. The van der Waals surface area contributed by atoms with Gasteiger partial charge in [0.1, 0.15) is 0 Å². The number of hydrogen-bond acceptors (Lipinski definition) is 5. The van der Waals surface area contributed by atoms with E-state index in [1.807, 2.05) is 6.07 Å². The maximum atomic E-state index is 12.2. The number of rotatable bonds is 5. The molecule has 0 spiro atoms. The summed E-state index contributed by atoms with van der Waals surface area (Å²) in [6.07, 6.45) is 1.43. The number of nitrogens with zero attached hydrogens (tertiary/aromatic N) is 2. The third-order valence-corrected chi connectivity index (χ3v) is 4.43. The second kappa shape index (κ2) is 6.77. The maximum absolute atomic E-state index is 12.2. The zero-order valence-corrected chi connectivity index (χ0v) is 12.8. The standard InChI is InChI=1S/C14H18N4O3S/c15-8-11-3-5-12(6-4-11)17-9-14(19)18-7-1-2-13(18)10-22(16,20)21/h3-6,13,17H,1-2,7,9-10H2,(H2,16,20,21). The van der Waals surface area contributed by atoms with Gasteiger partial charge in [0.05, 0.1) is 23.9 Å². The van der Waals surface area contributed by atoms with E-state index in [0.717, 1.165) is 12.1 Å². The van der Waals surface area contributed by atoms with E-state index in [-0.39, 0.29) is 24.2 Å². The zero-order chi connectivity index (χ0) is 16.2. The van der Waals surface area contributed by atoms with Gasteiger partial charge in [0.25, 0.3) is 0 Å². The highest BCUT2D eigenvalue weighted by molar-refractivity contribution is 7.89. The molecule has 0 radical (unpaired) electrons. The van der Waals surface area contributed by atoms with Crippen LogP contribution in [0.15, 0.2) is 24.3 Å². The molecule has 0 saturated carbocycles. The Balaban J connectivity index is 1.92. The molecule has 1 atom stereocenters. The summed E-state index contributed by atoms with van der Waals surface area (Å²) in [6.45, 7) is 0.626. The Morgan fingerprint density at radius 1 is 1.41 bits per heavy atom. The number of nitriles is 1. The van der Waals surface area contributed by atoms with Crippen molar-refractivity contribution in [2.24, 2.45) is 5.14 Å². The Hall–Kier alpha value is -2.11. The number of carbonyl (C=O) groups is 1. The van der Waals surface area contributed by atoms with Crippen molar-refractivity contribution in [1.82, 2.24) is 4.90 Å². The predicted molar refractivity (Wildman–Crippen MR) is 82.4 cm³/mol. The SMILES string of the molecule is N#Cc1ccc(NCC(=O)N2CCCC2CS(N)(=O)=O)cc1. The van der Waals surface area contributed by atoms with E-state index in [4.69, 9.17) is 10.4 Å². The molecule has 1 aromatic carbocycles. The number of sulfonamides is 1. The van der Waals surface area contributed by atoms with Gasteiger partial charge in [-0.3, -0.25) is 4.79 Å². The predicted octanol–water partition coefficient (Wildman–Crippen LogP) is 0.250. The number of primary sulfonamides is 1. The summed E-state index contributed by atoms with van der Waals surface area (Å²) in [6, 6.07) is 8.44. The zero-order valence-electron chi connectivity index (χ0n) is 12.0. The molecule has 3 N–H and O–H groups in total. The van der Waals surface area contributed by atoms with Crippen molar-refractivity contribution in [2.45, 2.75) is 18.9 Å². The first kappa shape index (κ1) is 16.3. The van der Waals surface area contributed by atoms with Crippen molar-refractivity contribution in [1.29, 1.82) is 5.26 Å². The fourth-order valence-electron chi connectivity index (χ4n) is 2.55. The van der Waals surface area contributed by atoms with Gasteiger partial charge in [-0.15, -0.1) is 0 Å². The van der Waals surface area contributed by atoms with E-state index in [1.54, 1.807) is 29.2 Å². The Labute approximate surface area is 129 Å². The number of anilines is 1. The van der Waals surface area contributed by atoms with Crippen LogP contribution in [-0.4, -0.2) is 44.1 Å². The van der Waals surface area contributed by atoms with E-state index >= 15 is 0 Å². The summed E-state index contributed by atoms with van der Waals surface area (Å²) in [4.78, 5) is 13.8. The average Bonchev–Trinajstić information content (AvgIpc) is 2.91. The van der Waals surface area contributed by atoms with Gasteiger partial charge in [0.15, 0.2) is 0 Å². The fraction of sp³-hybridized carbons (Fsp3) is 0.429. The second-order valence-electron chi connectivity index (χ2n) is 5.26. The molecule has 1 aromatic rings. The largest absolute Gasteiger partial charge is 0.376 e. The molecule has 0 aromatic heterocycles. The minimum Gasteiger partial charge on any atom is -0.376 e. The van der Waals surface area contributed by atoms with E-state index in [1.165, 1.54) is 0 Å². The topological polar surface area (TPSA) is 116 Å². The summed E-state index contributed by atoms with van der Waals surface area (Å²) in [7, 11) is -3.59.